The van der Waals surface area contributed by atoms with Crippen molar-refractivity contribution in [1.82, 2.24) is 5.32 Å². The van der Waals surface area contributed by atoms with E-state index in [1.807, 2.05) is 38.1 Å². The second kappa shape index (κ2) is 9.03. The molecule has 2 amide bonds. The summed E-state index contributed by atoms with van der Waals surface area (Å²) in [5.74, 6) is 0.501. The Morgan fingerprint density at radius 2 is 2.04 bits per heavy atom. The highest BCUT2D eigenvalue weighted by atomic mass is 16.5. The van der Waals surface area contributed by atoms with Crippen LogP contribution in [-0.4, -0.2) is 18.9 Å². The van der Waals surface area contributed by atoms with Gasteiger partial charge in [-0.15, -0.1) is 0 Å². The SMILES string of the molecule is CCC(C)C(=O)Nc1cccc(CNC(=O)c2ccc(COC)o2)c1. The number of rotatable bonds is 8. The molecular formula is C19H24N2O4. The minimum absolute atomic E-state index is 0.00931. The zero-order valence-electron chi connectivity index (χ0n) is 14.8. The zero-order valence-corrected chi connectivity index (χ0v) is 14.8. The Morgan fingerprint density at radius 1 is 1.24 bits per heavy atom. The number of methoxy groups -OCH3 is 1. The summed E-state index contributed by atoms with van der Waals surface area (Å²) in [5.41, 5.74) is 1.61. The summed E-state index contributed by atoms with van der Waals surface area (Å²) in [6.07, 6.45) is 0.787. The maximum absolute atomic E-state index is 12.1. The molecule has 1 aromatic heterocycles. The predicted molar refractivity (Wildman–Crippen MR) is 95.1 cm³/mol. The van der Waals surface area contributed by atoms with Crippen molar-refractivity contribution < 1.29 is 18.7 Å². The number of amides is 2. The molecular weight excluding hydrogens is 320 g/mol. The van der Waals surface area contributed by atoms with Crippen LogP contribution in [0.4, 0.5) is 5.69 Å². The maximum Gasteiger partial charge on any atom is 0.287 e. The molecule has 2 aromatic rings. The quantitative estimate of drug-likeness (QED) is 0.769. The normalized spacial score (nSPS) is 11.8. The van der Waals surface area contributed by atoms with Gasteiger partial charge in [0.05, 0.1) is 0 Å². The Kier molecular flexibility index (Phi) is 6.77. The molecule has 1 atom stereocenters. The fourth-order valence-corrected chi connectivity index (χ4v) is 2.20. The summed E-state index contributed by atoms with van der Waals surface area (Å²) in [7, 11) is 1.56. The fourth-order valence-electron chi connectivity index (χ4n) is 2.20. The lowest BCUT2D eigenvalue weighted by Crippen LogP contribution is -2.22. The average molecular weight is 344 g/mol. The molecule has 0 bridgehead atoms. The van der Waals surface area contributed by atoms with Crippen molar-refractivity contribution in [2.45, 2.75) is 33.4 Å². The van der Waals surface area contributed by atoms with Crippen LogP contribution in [0.25, 0.3) is 0 Å². The second-order valence-corrected chi connectivity index (χ2v) is 5.88. The third-order valence-electron chi connectivity index (χ3n) is 3.88. The molecule has 1 heterocycles. The van der Waals surface area contributed by atoms with Crippen LogP contribution >= 0.6 is 0 Å². The van der Waals surface area contributed by atoms with Gasteiger partial charge in [0.2, 0.25) is 5.91 Å². The highest BCUT2D eigenvalue weighted by Crippen LogP contribution is 2.14. The number of nitrogens with one attached hydrogen (secondary N) is 2. The van der Waals surface area contributed by atoms with Gasteiger partial charge in [0.1, 0.15) is 12.4 Å². The van der Waals surface area contributed by atoms with E-state index in [2.05, 4.69) is 10.6 Å². The maximum atomic E-state index is 12.1. The van der Waals surface area contributed by atoms with Crippen molar-refractivity contribution in [3.63, 3.8) is 0 Å². The van der Waals surface area contributed by atoms with Crippen LogP contribution in [0.3, 0.4) is 0 Å². The number of carbonyl (C=O) groups is 2. The molecule has 0 saturated heterocycles. The Morgan fingerprint density at radius 3 is 2.76 bits per heavy atom. The predicted octanol–water partition coefficient (Wildman–Crippen LogP) is 3.34. The summed E-state index contributed by atoms with van der Waals surface area (Å²) in [6.45, 7) is 4.53. The summed E-state index contributed by atoms with van der Waals surface area (Å²) in [4.78, 5) is 24.1. The molecule has 2 rings (SSSR count). The molecule has 6 heteroatoms. The first-order valence-electron chi connectivity index (χ1n) is 8.29. The average Bonchev–Trinajstić information content (AvgIpc) is 3.08. The third kappa shape index (κ3) is 5.46. The van der Waals surface area contributed by atoms with E-state index in [0.29, 0.717) is 18.9 Å². The molecule has 0 aliphatic rings. The first-order valence-corrected chi connectivity index (χ1v) is 8.29. The third-order valence-corrected chi connectivity index (χ3v) is 3.88. The molecule has 134 valence electrons. The first-order chi connectivity index (χ1) is 12.0. The van der Waals surface area contributed by atoms with Gasteiger partial charge in [-0.2, -0.15) is 0 Å². The minimum Gasteiger partial charge on any atom is -0.453 e. The van der Waals surface area contributed by atoms with Crippen LogP contribution in [0.5, 0.6) is 0 Å². The van der Waals surface area contributed by atoms with Crippen molar-refractivity contribution in [3.8, 4) is 0 Å². The molecule has 1 unspecified atom stereocenters. The van der Waals surface area contributed by atoms with E-state index < -0.39 is 0 Å². The highest BCUT2D eigenvalue weighted by Gasteiger charge is 2.12. The lowest BCUT2D eigenvalue weighted by molar-refractivity contribution is -0.119. The van der Waals surface area contributed by atoms with Gasteiger partial charge in [-0.3, -0.25) is 9.59 Å². The van der Waals surface area contributed by atoms with Gasteiger partial charge >= 0.3 is 0 Å². The zero-order chi connectivity index (χ0) is 18.2. The number of benzene rings is 1. The Labute approximate surface area is 147 Å². The second-order valence-electron chi connectivity index (χ2n) is 5.88. The van der Waals surface area contributed by atoms with Gasteiger partial charge < -0.3 is 19.8 Å². The number of hydrogen-bond acceptors (Lipinski definition) is 4. The summed E-state index contributed by atoms with van der Waals surface area (Å²) in [5, 5.41) is 5.68. The van der Waals surface area contributed by atoms with E-state index in [-0.39, 0.29) is 23.5 Å². The molecule has 0 saturated carbocycles. The summed E-state index contributed by atoms with van der Waals surface area (Å²) in [6, 6.07) is 10.7. The number of ether oxygens (including phenoxy) is 1. The lowest BCUT2D eigenvalue weighted by atomic mass is 10.1. The Hall–Kier alpha value is -2.60. The van der Waals surface area contributed by atoms with Gasteiger partial charge in [0, 0.05) is 25.3 Å². The van der Waals surface area contributed by atoms with Gasteiger partial charge in [-0.05, 0) is 36.2 Å². The monoisotopic (exact) mass is 344 g/mol. The number of anilines is 1. The topological polar surface area (TPSA) is 80.6 Å². The van der Waals surface area contributed by atoms with Gasteiger partial charge in [0.25, 0.3) is 5.91 Å². The van der Waals surface area contributed by atoms with Crippen molar-refractivity contribution in [1.29, 1.82) is 0 Å². The van der Waals surface area contributed by atoms with Gasteiger partial charge in [-0.1, -0.05) is 26.0 Å². The van der Waals surface area contributed by atoms with E-state index in [1.54, 1.807) is 19.2 Å². The van der Waals surface area contributed by atoms with Crippen LogP contribution in [0.15, 0.2) is 40.8 Å². The van der Waals surface area contributed by atoms with E-state index in [9.17, 15) is 9.59 Å². The molecule has 0 radical (unpaired) electrons. The van der Waals surface area contributed by atoms with E-state index in [1.165, 1.54) is 0 Å². The number of furan rings is 1. The molecule has 2 N–H and O–H groups in total. The van der Waals surface area contributed by atoms with E-state index in [4.69, 9.17) is 9.15 Å². The standard InChI is InChI=1S/C19H24N2O4/c1-4-13(2)18(22)21-15-7-5-6-14(10-15)11-20-19(23)17-9-8-16(25-17)12-24-3/h5-10,13H,4,11-12H2,1-3H3,(H,20,23)(H,21,22). The van der Waals surface area contributed by atoms with E-state index in [0.717, 1.165) is 17.7 Å². The van der Waals surface area contributed by atoms with Crippen molar-refractivity contribution in [2.24, 2.45) is 5.92 Å². The molecule has 6 nitrogen and oxygen atoms in total. The fraction of sp³-hybridized carbons (Fsp3) is 0.368. The minimum atomic E-state index is -0.295. The van der Waals surface area contributed by atoms with Crippen molar-refractivity contribution >= 4 is 17.5 Å². The van der Waals surface area contributed by atoms with Crippen molar-refractivity contribution in [3.05, 3.63) is 53.5 Å². The molecule has 1 aromatic carbocycles. The summed E-state index contributed by atoms with van der Waals surface area (Å²) < 4.78 is 10.4. The molecule has 0 spiro atoms. The van der Waals surface area contributed by atoms with Gasteiger partial charge in [0.15, 0.2) is 5.76 Å². The first kappa shape index (κ1) is 18.7. The lowest BCUT2D eigenvalue weighted by Gasteiger charge is -2.11. The van der Waals surface area contributed by atoms with Gasteiger partial charge in [-0.25, -0.2) is 0 Å². The molecule has 0 fully saturated rings. The molecule has 0 aliphatic carbocycles. The van der Waals surface area contributed by atoms with E-state index >= 15 is 0 Å². The van der Waals surface area contributed by atoms with Crippen LogP contribution in [0.1, 0.15) is 42.1 Å². The van der Waals surface area contributed by atoms with Crippen LogP contribution < -0.4 is 10.6 Å². The number of carbonyl (C=O) groups excluding carboxylic acids is 2. The smallest absolute Gasteiger partial charge is 0.287 e. The molecule has 0 aliphatic heterocycles. The highest BCUT2D eigenvalue weighted by molar-refractivity contribution is 5.92. The summed E-state index contributed by atoms with van der Waals surface area (Å²) >= 11 is 0. The Balaban J connectivity index is 1.92. The Bertz CT molecular complexity index is 724. The van der Waals surface area contributed by atoms with Crippen molar-refractivity contribution in [2.75, 3.05) is 12.4 Å². The molecule has 25 heavy (non-hydrogen) atoms. The number of hydrogen-bond donors (Lipinski definition) is 2. The van der Waals surface area contributed by atoms with Crippen LogP contribution in [0, 0.1) is 5.92 Å². The largest absolute Gasteiger partial charge is 0.453 e. The van der Waals surface area contributed by atoms with Crippen LogP contribution in [0.2, 0.25) is 0 Å². The van der Waals surface area contributed by atoms with Crippen LogP contribution in [-0.2, 0) is 22.7 Å².